The number of rotatable bonds is 6. The van der Waals surface area contributed by atoms with E-state index in [1.54, 1.807) is 18.2 Å². The zero-order chi connectivity index (χ0) is 20.8. The summed E-state index contributed by atoms with van der Waals surface area (Å²) in [5, 5.41) is 12.6. The molecule has 2 aromatic carbocycles. The van der Waals surface area contributed by atoms with Gasteiger partial charge in [-0.1, -0.05) is 6.07 Å². The quantitative estimate of drug-likeness (QED) is 0.549. The molecular weight excluding hydrogens is 464 g/mol. The highest BCUT2D eigenvalue weighted by Gasteiger charge is 2.26. The standard InChI is InChI=1S/C20H18BrF2N3O2S/c21-15-10-13(4-5-16(15)22)20-14(18(25-26-20)9-11-1-2-11)7-12-3-6-19(17(23)8-12)29(24,27)28/h3-6,8,10-11H,1-2,7,9H2,(H,25,26)(H2,24,27,28). The molecule has 29 heavy (non-hydrogen) atoms. The summed E-state index contributed by atoms with van der Waals surface area (Å²) in [5.41, 5.74) is 3.83. The second-order valence-corrected chi connectivity index (χ2v) is 9.68. The Balaban J connectivity index is 1.74. The molecule has 3 N–H and O–H groups in total. The van der Waals surface area contributed by atoms with E-state index >= 15 is 0 Å². The third-order valence-electron chi connectivity index (χ3n) is 5.02. The van der Waals surface area contributed by atoms with Crippen LogP contribution >= 0.6 is 15.9 Å². The zero-order valence-corrected chi connectivity index (χ0v) is 17.7. The molecule has 5 nitrogen and oxygen atoms in total. The lowest BCUT2D eigenvalue weighted by atomic mass is 9.97. The molecule has 0 bridgehead atoms. The molecule has 0 amide bonds. The van der Waals surface area contributed by atoms with Crippen molar-refractivity contribution in [1.82, 2.24) is 10.2 Å². The van der Waals surface area contributed by atoms with Crippen LogP contribution in [0.4, 0.5) is 8.78 Å². The highest BCUT2D eigenvalue weighted by Crippen LogP contribution is 2.36. The van der Waals surface area contributed by atoms with Crippen LogP contribution in [-0.4, -0.2) is 18.6 Å². The summed E-state index contributed by atoms with van der Waals surface area (Å²) in [7, 11) is -4.12. The summed E-state index contributed by atoms with van der Waals surface area (Å²) in [5.74, 6) is -0.656. The van der Waals surface area contributed by atoms with Crippen molar-refractivity contribution in [1.29, 1.82) is 0 Å². The maximum Gasteiger partial charge on any atom is 0.240 e. The van der Waals surface area contributed by atoms with Gasteiger partial charge < -0.3 is 0 Å². The minimum absolute atomic E-state index is 0.330. The van der Waals surface area contributed by atoms with Crippen LogP contribution in [0.1, 0.15) is 29.7 Å². The summed E-state index contributed by atoms with van der Waals surface area (Å²) in [6.07, 6.45) is 3.51. The van der Waals surface area contributed by atoms with E-state index in [0.717, 1.165) is 36.1 Å². The van der Waals surface area contributed by atoms with Gasteiger partial charge in [0, 0.05) is 23.2 Å². The number of H-pyrrole nitrogens is 1. The van der Waals surface area contributed by atoms with E-state index in [1.807, 2.05) is 0 Å². The number of aromatic nitrogens is 2. The molecule has 1 aliphatic rings. The van der Waals surface area contributed by atoms with Crippen LogP contribution in [0.2, 0.25) is 0 Å². The van der Waals surface area contributed by atoms with Crippen LogP contribution in [0.25, 0.3) is 11.3 Å². The Morgan fingerprint density at radius 1 is 1.14 bits per heavy atom. The van der Waals surface area contributed by atoms with E-state index in [1.165, 1.54) is 18.2 Å². The minimum Gasteiger partial charge on any atom is -0.282 e. The van der Waals surface area contributed by atoms with Gasteiger partial charge in [0.1, 0.15) is 16.5 Å². The molecule has 0 radical (unpaired) electrons. The number of aromatic amines is 1. The first-order valence-electron chi connectivity index (χ1n) is 9.05. The van der Waals surface area contributed by atoms with Crippen LogP contribution in [0, 0.1) is 17.6 Å². The number of halogens is 3. The fraction of sp³-hybridized carbons (Fsp3) is 0.250. The Bertz CT molecular complexity index is 1190. The van der Waals surface area contributed by atoms with Gasteiger partial charge in [-0.25, -0.2) is 22.3 Å². The zero-order valence-electron chi connectivity index (χ0n) is 15.3. The average molecular weight is 482 g/mol. The summed E-state index contributed by atoms with van der Waals surface area (Å²) < 4.78 is 51.2. The molecule has 0 aliphatic heterocycles. The van der Waals surface area contributed by atoms with Gasteiger partial charge >= 0.3 is 0 Å². The van der Waals surface area contributed by atoms with Gasteiger partial charge in [0.15, 0.2) is 0 Å². The Labute approximate surface area is 175 Å². The van der Waals surface area contributed by atoms with Crippen molar-refractivity contribution in [2.45, 2.75) is 30.6 Å². The number of sulfonamides is 1. The van der Waals surface area contributed by atoms with Gasteiger partial charge in [-0.05, 0) is 77.0 Å². The predicted octanol–water partition coefficient (Wildman–Crippen LogP) is 4.31. The molecule has 152 valence electrons. The SMILES string of the molecule is NS(=O)(=O)c1ccc(Cc2c(-c3ccc(F)c(Br)c3)n[nH]c2CC2CC2)cc1F. The first-order valence-corrected chi connectivity index (χ1v) is 11.4. The lowest BCUT2D eigenvalue weighted by Crippen LogP contribution is -2.14. The molecule has 0 saturated heterocycles. The van der Waals surface area contributed by atoms with Gasteiger partial charge in [0.2, 0.25) is 10.0 Å². The molecule has 3 aromatic rings. The van der Waals surface area contributed by atoms with E-state index < -0.39 is 20.7 Å². The molecule has 1 heterocycles. The predicted molar refractivity (Wildman–Crippen MR) is 109 cm³/mol. The van der Waals surface area contributed by atoms with Gasteiger partial charge in [-0.15, -0.1) is 0 Å². The van der Waals surface area contributed by atoms with Crippen molar-refractivity contribution >= 4 is 26.0 Å². The van der Waals surface area contributed by atoms with E-state index in [4.69, 9.17) is 5.14 Å². The third kappa shape index (κ3) is 4.41. The van der Waals surface area contributed by atoms with E-state index in [0.29, 0.717) is 28.1 Å². The number of hydrogen-bond donors (Lipinski definition) is 2. The fourth-order valence-corrected chi connectivity index (χ4v) is 4.31. The topological polar surface area (TPSA) is 88.8 Å². The van der Waals surface area contributed by atoms with E-state index in [2.05, 4.69) is 26.1 Å². The molecule has 0 unspecified atom stereocenters. The highest BCUT2D eigenvalue weighted by atomic mass is 79.9. The lowest BCUT2D eigenvalue weighted by Gasteiger charge is -2.09. The molecule has 1 fully saturated rings. The second-order valence-electron chi connectivity index (χ2n) is 7.29. The number of benzene rings is 2. The minimum atomic E-state index is -4.12. The maximum atomic E-state index is 14.3. The van der Waals surface area contributed by atoms with Crippen LogP contribution in [-0.2, 0) is 22.9 Å². The molecule has 9 heteroatoms. The van der Waals surface area contributed by atoms with Crippen molar-refractivity contribution < 1.29 is 17.2 Å². The van der Waals surface area contributed by atoms with Crippen LogP contribution < -0.4 is 5.14 Å². The Hall–Kier alpha value is -2.10. The highest BCUT2D eigenvalue weighted by molar-refractivity contribution is 9.10. The van der Waals surface area contributed by atoms with Crippen molar-refractivity contribution in [3.05, 3.63) is 69.3 Å². The Morgan fingerprint density at radius 3 is 2.52 bits per heavy atom. The van der Waals surface area contributed by atoms with Crippen molar-refractivity contribution in [2.24, 2.45) is 11.1 Å². The normalized spacial score (nSPS) is 14.3. The Morgan fingerprint density at radius 2 is 1.90 bits per heavy atom. The van der Waals surface area contributed by atoms with Crippen LogP contribution in [0.15, 0.2) is 45.8 Å². The van der Waals surface area contributed by atoms with Crippen molar-refractivity contribution in [3.8, 4) is 11.3 Å². The van der Waals surface area contributed by atoms with E-state index in [9.17, 15) is 17.2 Å². The average Bonchev–Trinajstić information content (AvgIpc) is 3.37. The smallest absolute Gasteiger partial charge is 0.240 e. The van der Waals surface area contributed by atoms with Gasteiger partial charge in [-0.2, -0.15) is 5.10 Å². The number of nitrogens with two attached hydrogens (primary N) is 1. The number of primary sulfonamides is 1. The molecule has 1 saturated carbocycles. The van der Waals surface area contributed by atoms with Gasteiger partial charge in [0.05, 0.1) is 10.2 Å². The van der Waals surface area contributed by atoms with Gasteiger partial charge in [0.25, 0.3) is 0 Å². The molecule has 4 rings (SSSR count). The van der Waals surface area contributed by atoms with Crippen molar-refractivity contribution in [3.63, 3.8) is 0 Å². The number of nitrogens with one attached hydrogen (secondary N) is 1. The number of hydrogen-bond acceptors (Lipinski definition) is 3. The monoisotopic (exact) mass is 481 g/mol. The maximum absolute atomic E-state index is 14.3. The van der Waals surface area contributed by atoms with Crippen LogP contribution in [0.3, 0.4) is 0 Å². The second kappa shape index (κ2) is 7.62. The van der Waals surface area contributed by atoms with Crippen molar-refractivity contribution in [2.75, 3.05) is 0 Å². The van der Waals surface area contributed by atoms with E-state index in [-0.39, 0.29) is 5.82 Å². The summed E-state index contributed by atoms with van der Waals surface area (Å²) in [6, 6.07) is 8.55. The fourth-order valence-electron chi connectivity index (χ4n) is 3.34. The van der Waals surface area contributed by atoms with Crippen LogP contribution in [0.5, 0.6) is 0 Å². The molecular formula is C20H18BrF2N3O2S. The lowest BCUT2D eigenvalue weighted by molar-refractivity contribution is 0.567. The molecule has 1 aliphatic carbocycles. The summed E-state index contributed by atoms with van der Waals surface area (Å²) >= 11 is 3.20. The summed E-state index contributed by atoms with van der Waals surface area (Å²) in [6.45, 7) is 0. The first kappa shape index (κ1) is 20.2. The molecule has 0 atom stereocenters. The third-order valence-corrected chi connectivity index (χ3v) is 6.57. The first-order chi connectivity index (χ1) is 13.7. The van der Waals surface area contributed by atoms with Gasteiger partial charge in [-0.3, -0.25) is 5.10 Å². The molecule has 1 aromatic heterocycles. The Kier molecular flexibility index (Phi) is 5.30. The summed E-state index contributed by atoms with van der Waals surface area (Å²) in [4.78, 5) is -0.533. The molecule has 0 spiro atoms. The number of nitrogens with zero attached hydrogens (tertiary/aromatic N) is 1. The largest absolute Gasteiger partial charge is 0.282 e.